The molecule has 0 radical (unpaired) electrons. The number of amides is 2. The molecule has 1 fully saturated rings. The van der Waals surface area contributed by atoms with Crippen molar-refractivity contribution in [2.24, 2.45) is 0 Å². The maximum atomic E-state index is 12.3. The number of likely N-dealkylation sites (tertiary alicyclic amines) is 1. The van der Waals surface area contributed by atoms with Gasteiger partial charge in [0.05, 0.1) is 13.7 Å². The van der Waals surface area contributed by atoms with Crippen LogP contribution in [-0.2, 0) is 16.0 Å². The van der Waals surface area contributed by atoms with Crippen LogP contribution < -0.4 is 10.1 Å². The van der Waals surface area contributed by atoms with Gasteiger partial charge in [0.15, 0.2) is 0 Å². The number of benzene rings is 1. The minimum atomic E-state index is -0.502. The summed E-state index contributed by atoms with van der Waals surface area (Å²) >= 11 is 0. The molecule has 6 heteroatoms. The fourth-order valence-corrected chi connectivity index (χ4v) is 3.38. The van der Waals surface area contributed by atoms with Crippen molar-refractivity contribution < 1.29 is 14.3 Å². The zero-order valence-corrected chi connectivity index (χ0v) is 15.6. The van der Waals surface area contributed by atoms with E-state index in [0.717, 1.165) is 31.6 Å². The van der Waals surface area contributed by atoms with Gasteiger partial charge >= 0.3 is 0 Å². The number of hydrogen-bond acceptors (Lipinski definition) is 4. The van der Waals surface area contributed by atoms with Gasteiger partial charge in [-0.25, -0.2) is 0 Å². The van der Waals surface area contributed by atoms with Crippen molar-refractivity contribution in [3.05, 3.63) is 29.8 Å². The summed E-state index contributed by atoms with van der Waals surface area (Å²) in [5.74, 6) is 0.693. The summed E-state index contributed by atoms with van der Waals surface area (Å²) in [5, 5.41) is 2.80. The van der Waals surface area contributed by atoms with Crippen LogP contribution in [0.25, 0.3) is 0 Å². The van der Waals surface area contributed by atoms with Crippen molar-refractivity contribution in [2.45, 2.75) is 38.3 Å². The van der Waals surface area contributed by atoms with Gasteiger partial charge in [0.2, 0.25) is 11.8 Å². The Morgan fingerprint density at radius 1 is 1.36 bits per heavy atom. The highest BCUT2D eigenvalue weighted by molar-refractivity contribution is 5.87. The van der Waals surface area contributed by atoms with Crippen LogP contribution in [0.2, 0.25) is 0 Å². The third-order valence-corrected chi connectivity index (χ3v) is 4.68. The second-order valence-corrected chi connectivity index (χ2v) is 6.80. The molecule has 0 saturated carbocycles. The summed E-state index contributed by atoms with van der Waals surface area (Å²) in [6, 6.07) is 7.84. The number of carbonyl (C=O) groups excluding carboxylic acids is 2. The van der Waals surface area contributed by atoms with E-state index in [1.807, 2.05) is 18.2 Å². The molecule has 2 unspecified atom stereocenters. The Hall–Kier alpha value is -2.08. The number of carbonyl (C=O) groups is 2. The van der Waals surface area contributed by atoms with Gasteiger partial charge in [0.25, 0.3) is 0 Å². The first-order valence-electron chi connectivity index (χ1n) is 8.78. The van der Waals surface area contributed by atoms with Crippen molar-refractivity contribution in [3.8, 4) is 5.75 Å². The van der Waals surface area contributed by atoms with Crippen molar-refractivity contribution >= 4 is 11.8 Å². The maximum absolute atomic E-state index is 12.3. The first-order valence-corrected chi connectivity index (χ1v) is 8.78. The first kappa shape index (κ1) is 19.2. The molecular weight excluding hydrogens is 318 g/mol. The van der Waals surface area contributed by atoms with Crippen molar-refractivity contribution in [1.29, 1.82) is 0 Å². The van der Waals surface area contributed by atoms with E-state index in [0.29, 0.717) is 12.6 Å². The molecule has 6 nitrogen and oxygen atoms in total. The molecule has 1 aromatic rings. The first-order chi connectivity index (χ1) is 11.9. The minimum absolute atomic E-state index is 0.0969. The van der Waals surface area contributed by atoms with E-state index in [4.69, 9.17) is 4.74 Å². The number of likely N-dealkylation sites (N-methyl/N-ethyl adjacent to an activating group) is 1. The molecule has 1 N–H and O–H groups in total. The van der Waals surface area contributed by atoms with Crippen molar-refractivity contribution in [3.63, 3.8) is 0 Å². The molecule has 0 aliphatic carbocycles. The molecule has 1 aromatic carbocycles. The van der Waals surface area contributed by atoms with Gasteiger partial charge in [-0.1, -0.05) is 18.2 Å². The zero-order valence-electron chi connectivity index (χ0n) is 15.6. The van der Waals surface area contributed by atoms with Crippen molar-refractivity contribution in [1.82, 2.24) is 15.1 Å². The second kappa shape index (κ2) is 8.85. The molecule has 1 heterocycles. The third kappa shape index (κ3) is 5.19. The van der Waals surface area contributed by atoms with Crippen LogP contribution in [-0.4, -0.2) is 68.0 Å². The summed E-state index contributed by atoms with van der Waals surface area (Å²) < 4.78 is 5.43. The molecule has 25 heavy (non-hydrogen) atoms. The Labute approximate surface area is 150 Å². The largest absolute Gasteiger partial charge is 0.496 e. The predicted molar refractivity (Wildman–Crippen MR) is 97.6 cm³/mol. The van der Waals surface area contributed by atoms with Crippen LogP contribution in [0.5, 0.6) is 5.75 Å². The highest BCUT2D eigenvalue weighted by Gasteiger charge is 2.28. The molecule has 0 spiro atoms. The van der Waals surface area contributed by atoms with Gasteiger partial charge in [0.1, 0.15) is 11.8 Å². The van der Waals surface area contributed by atoms with Gasteiger partial charge in [-0.2, -0.15) is 0 Å². The smallest absolute Gasteiger partial charge is 0.244 e. The average molecular weight is 347 g/mol. The van der Waals surface area contributed by atoms with E-state index in [1.54, 1.807) is 28.1 Å². The normalized spacial score (nSPS) is 18.6. The standard InChI is InChI=1S/C19H29N3O3/c1-14(19(24)21(2)3)20-18(23)13-22-11-7-9-16(22)12-15-8-5-6-10-17(15)25-4/h5-6,8,10,14,16H,7,9,11-13H2,1-4H3,(H,20,23). The lowest BCUT2D eigenvalue weighted by Gasteiger charge is -2.25. The number of para-hydroxylation sites is 1. The Morgan fingerprint density at radius 3 is 2.76 bits per heavy atom. The molecule has 138 valence electrons. The Kier molecular flexibility index (Phi) is 6.82. The van der Waals surface area contributed by atoms with E-state index in [2.05, 4.69) is 16.3 Å². The highest BCUT2D eigenvalue weighted by atomic mass is 16.5. The van der Waals surface area contributed by atoms with E-state index < -0.39 is 6.04 Å². The molecule has 1 aliphatic heterocycles. The summed E-state index contributed by atoms with van der Waals surface area (Å²) in [7, 11) is 5.06. The summed E-state index contributed by atoms with van der Waals surface area (Å²) in [4.78, 5) is 27.9. The molecule has 0 aromatic heterocycles. The number of ether oxygens (including phenoxy) is 1. The van der Waals surface area contributed by atoms with E-state index in [1.165, 1.54) is 10.5 Å². The van der Waals surface area contributed by atoms with Gasteiger partial charge in [-0.15, -0.1) is 0 Å². The predicted octanol–water partition coefficient (Wildman–Crippen LogP) is 1.30. The third-order valence-electron chi connectivity index (χ3n) is 4.68. The lowest BCUT2D eigenvalue weighted by molar-refractivity contribution is -0.134. The summed E-state index contributed by atoms with van der Waals surface area (Å²) in [6.07, 6.45) is 3.01. The fourth-order valence-electron chi connectivity index (χ4n) is 3.38. The Balaban J connectivity index is 1.93. The van der Waals surface area contributed by atoms with Crippen molar-refractivity contribution in [2.75, 3.05) is 34.3 Å². The second-order valence-electron chi connectivity index (χ2n) is 6.80. The van der Waals surface area contributed by atoms with Crippen LogP contribution in [0.3, 0.4) is 0 Å². The number of rotatable bonds is 7. The molecular formula is C19H29N3O3. The Bertz CT molecular complexity index is 603. The quantitative estimate of drug-likeness (QED) is 0.807. The molecule has 2 amide bonds. The van der Waals surface area contributed by atoms with Crippen LogP contribution in [0.1, 0.15) is 25.3 Å². The lowest BCUT2D eigenvalue weighted by Crippen LogP contribution is -2.48. The molecule has 1 aliphatic rings. The highest BCUT2D eigenvalue weighted by Crippen LogP contribution is 2.25. The van der Waals surface area contributed by atoms with Crippen LogP contribution >= 0.6 is 0 Å². The van der Waals surface area contributed by atoms with Gasteiger partial charge in [0, 0.05) is 20.1 Å². The Morgan fingerprint density at radius 2 is 2.08 bits per heavy atom. The molecule has 2 atom stereocenters. The SMILES string of the molecule is COc1ccccc1CC1CCCN1CC(=O)NC(C)C(=O)N(C)C. The number of nitrogens with zero attached hydrogens (tertiary/aromatic N) is 2. The van der Waals surface area contributed by atoms with Crippen LogP contribution in [0.4, 0.5) is 0 Å². The van der Waals surface area contributed by atoms with E-state index >= 15 is 0 Å². The van der Waals surface area contributed by atoms with Crippen LogP contribution in [0, 0.1) is 0 Å². The topological polar surface area (TPSA) is 61.9 Å². The zero-order chi connectivity index (χ0) is 18.4. The average Bonchev–Trinajstić information content (AvgIpc) is 3.01. The minimum Gasteiger partial charge on any atom is -0.496 e. The van der Waals surface area contributed by atoms with E-state index in [9.17, 15) is 9.59 Å². The fraction of sp³-hybridized carbons (Fsp3) is 0.579. The summed E-state index contributed by atoms with van der Waals surface area (Å²) in [5.41, 5.74) is 1.17. The number of methoxy groups -OCH3 is 1. The van der Waals surface area contributed by atoms with Gasteiger partial charge in [-0.05, 0) is 44.4 Å². The number of nitrogens with one attached hydrogen (secondary N) is 1. The van der Waals surface area contributed by atoms with Gasteiger partial charge in [-0.3, -0.25) is 14.5 Å². The molecule has 2 rings (SSSR count). The summed E-state index contributed by atoms with van der Waals surface area (Å²) in [6.45, 7) is 2.95. The van der Waals surface area contributed by atoms with Gasteiger partial charge < -0.3 is 15.0 Å². The monoisotopic (exact) mass is 347 g/mol. The maximum Gasteiger partial charge on any atom is 0.244 e. The lowest BCUT2D eigenvalue weighted by atomic mass is 10.0. The number of hydrogen-bond donors (Lipinski definition) is 1. The van der Waals surface area contributed by atoms with Crippen LogP contribution in [0.15, 0.2) is 24.3 Å². The van der Waals surface area contributed by atoms with E-state index in [-0.39, 0.29) is 11.8 Å². The molecule has 1 saturated heterocycles. The molecule has 0 bridgehead atoms.